The summed E-state index contributed by atoms with van der Waals surface area (Å²) in [4.78, 5) is 4.54. The second kappa shape index (κ2) is 8.14. The fourth-order valence-electron chi connectivity index (χ4n) is 3.43. The lowest BCUT2D eigenvalue weighted by atomic mass is 9.79. The van der Waals surface area contributed by atoms with Gasteiger partial charge in [0.15, 0.2) is 11.5 Å². The maximum Gasteiger partial charge on any atom is 0.494 e. The summed E-state index contributed by atoms with van der Waals surface area (Å²) >= 11 is 0. The van der Waals surface area contributed by atoms with Gasteiger partial charge in [-0.05, 0) is 45.3 Å². The second-order valence-electron chi connectivity index (χ2n) is 8.55. The molecule has 8 nitrogen and oxygen atoms in total. The Hall–Kier alpha value is -3.04. The van der Waals surface area contributed by atoms with E-state index in [2.05, 4.69) is 10.1 Å². The van der Waals surface area contributed by atoms with Crippen molar-refractivity contribution in [3.63, 3.8) is 0 Å². The summed E-state index contributed by atoms with van der Waals surface area (Å²) < 4.78 is 33.9. The number of ether oxygens (including phenoxy) is 3. The van der Waals surface area contributed by atoms with Crippen LogP contribution in [0.1, 0.15) is 27.7 Å². The predicted octanol–water partition coefficient (Wildman–Crippen LogP) is 3.73. The smallest absolute Gasteiger partial charge is 0.493 e. The Morgan fingerprint density at radius 3 is 1.84 bits per heavy atom. The van der Waals surface area contributed by atoms with E-state index in [0.29, 0.717) is 34.5 Å². The highest BCUT2D eigenvalue weighted by Crippen LogP contribution is 2.41. The fraction of sp³-hybridized carbons (Fsp3) is 0.391. The first kappa shape index (κ1) is 22.2. The molecule has 0 unspecified atom stereocenters. The molecular formula is C23H27BN2O6. The third-order valence-corrected chi connectivity index (χ3v) is 6.03. The van der Waals surface area contributed by atoms with Crippen LogP contribution in [0.15, 0.2) is 40.9 Å². The Morgan fingerprint density at radius 1 is 0.781 bits per heavy atom. The molecule has 0 spiro atoms. The first-order valence-corrected chi connectivity index (χ1v) is 10.3. The third-order valence-electron chi connectivity index (χ3n) is 6.03. The lowest BCUT2D eigenvalue weighted by Gasteiger charge is -2.32. The highest BCUT2D eigenvalue weighted by Gasteiger charge is 2.51. The van der Waals surface area contributed by atoms with Gasteiger partial charge in [0.1, 0.15) is 0 Å². The van der Waals surface area contributed by atoms with Gasteiger partial charge >= 0.3 is 7.12 Å². The van der Waals surface area contributed by atoms with Crippen LogP contribution in [-0.4, -0.2) is 49.8 Å². The van der Waals surface area contributed by atoms with Crippen molar-refractivity contribution in [1.82, 2.24) is 10.1 Å². The van der Waals surface area contributed by atoms with Crippen LogP contribution in [-0.2, 0) is 9.31 Å². The average molecular weight is 438 g/mol. The van der Waals surface area contributed by atoms with E-state index in [-0.39, 0.29) is 11.2 Å². The summed E-state index contributed by atoms with van der Waals surface area (Å²) in [7, 11) is 4.25. The minimum atomic E-state index is -0.422. The number of hydrogen-bond donors (Lipinski definition) is 0. The van der Waals surface area contributed by atoms with Gasteiger partial charge in [-0.15, -0.1) is 0 Å². The van der Waals surface area contributed by atoms with E-state index >= 15 is 0 Å². The Labute approximate surface area is 187 Å². The third kappa shape index (κ3) is 3.82. The molecule has 0 amide bonds. The zero-order valence-electron chi connectivity index (χ0n) is 19.4. The lowest BCUT2D eigenvalue weighted by molar-refractivity contribution is 0.00578. The first-order valence-electron chi connectivity index (χ1n) is 10.3. The van der Waals surface area contributed by atoms with E-state index in [1.54, 1.807) is 33.5 Å². The van der Waals surface area contributed by atoms with E-state index in [0.717, 1.165) is 11.0 Å². The molecule has 1 aromatic heterocycles. The molecule has 168 valence electrons. The van der Waals surface area contributed by atoms with Crippen LogP contribution in [0.3, 0.4) is 0 Å². The van der Waals surface area contributed by atoms with E-state index in [4.69, 9.17) is 28.0 Å². The van der Waals surface area contributed by atoms with Crippen molar-refractivity contribution in [2.45, 2.75) is 38.9 Å². The maximum atomic E-state index is 6.11. The van der Waals surface area contributed by atoms with Crippen molar-refractivity contribution >= 4 is 12.6 Å². The standard InChI is InChI=1S/C23H27BN2O6/c1-22(2)23(3,4)32-24(31-22)16-10-8-14(9-11-16)20-25-21(30-26-20)15-12-17(27-5)19(29-7)18(13-15)28-6/h8-13H,1-7H3. The SMILES string of the molecule is COc1cc(-c2nc(-c3ccc(B4OC(C)(C)C(C)(C)O4)cc3)no2)cc(OC)c1OC. The minimum absolute atomic E-state index is 0.342. The molecule has 1 aliphatic heterocycles. The number of rotatable bonds is 6. The Bertz CT molecular complexity index is 1070. The number of methoxy groups -OCH3 is 3. The molecule has 1 fully saturated rings. The minimum Gasteiger partial charge on any atom is -0.493 e. The van der Waals surface area contributed by atoms with Gasteiger partial charge in [-0.1, -0.05) is 29.4 Å². The topological polar surface area (TPSA) is 85.1 Å². The van der Waals surface area contributed by atoms with E-state index in [1.165, 1.54) is 0 Å². The molecule has 3 aromatic rings. The quantitative estimate of drug-likeness (QED) is 0.539. The van der Waals surface area contributed by atoms with Gasteiger partial charge in [0.2, 0.25) is 11.6 Å². The summed E-state index contributed by atoms with van der Waals surface area (Å²) in [6.07, 6.45) is 0. The van der Waals surface area contributed by atoms with Gasteiger partial charge in [-0.2, -0.15) is 4.98 Å². The van der Waals surface area contributed by atoms with Crippen molar-refractivity contribution < 1.29 is 28.0 Å². The normalized spacial score (nSPS) is 16.8. The zero-order chi connectivity index (χ0) is 23.1. The van der Waals surface area contributed by atoms with Crippen molar-refractivity contribution in [3.05, 3.63) is 36.4 Å². The van der Waals surface area contributed by atoms with Crippen molar-refractivity contribution in [2.24, 2.45) is 0 Å². The molecule has 4 rings (SSSR count). The van der Waals surface area contributed by atoms with Gasteiger partial charge in [0, 0.05) is 11.1 Å². The second-order valence-corrected chi connectivity index (χ2v) is 8.55. The molecule has 0 bridgehead atoms. The molecule has 1 aliphatic rings. The monoisotopic (exact) mass is 438 g/mol. The Balaban J connectivity index is 1.59. The Kier molecular flexibility index (Phi) is 5.64. The molecule has 9 heteroatoms. The van der Waals surface area contributed by atoms with Gasteiger partial charge in [0.25, 0.3) is 5.89 Å². The van der Waals surface area contributed by atoms with Crippen molar-refractivity contribution in [3.8, 4) is 40.1 Å². The van der Waals surface area contributed by atoms with Gasteiger partial charge < -0.3 is 28.0 Å². The molecule has 0 N–H and O–H groups in total. The average Bonchev–Trinajstić information content (AvgIpc) is 3.35. The Morgan fingerprint density at radius 2 is 1.34 bits per heavy atom. The van der Waals surface area contributed by atoms with E-state index in [9.17, 15) is 0 Å². The van der Waals surface area contributed by atoms with Crippen LogP contribution >= 0.6 is 0 Å². The number of hydrogen-bond acceptors (Lipinski definition) is 8. The van der Waals surface area contributed by atoms with Crippen LogP contribution in [0.25, 0.3) is 22.8 Å². The molecular weight excluding hydrogens is 411 g/mol. The summed E-state index contributed by atoms with van der Waals surface area (Å²) in [5, 5.41) is 4.13. The van der Waals surface area contributed by atoms with Gasteiger partial charge in [0.05, 0.1) is 32.5 Å². The molecule has 0 radical (unpaired) electrons. The maximum absolute atomic E-state index is 6.11. The largest absolute Gasteiger partial charge is 0.494 e. The van der Waals surface area contributed by atoms with Crippen LogP contribution in [0.4, 0.5) is 0 Å². The molecule has 0 aliphatic carbocycles. The number of benzene rings is 2. The van der Waals surface area contributed by atoms with Crippen molar-refractivity contribution in [2.75, 3.05) is 21.3 Å². The van der Waals surface area contributed by atoms with Gasteiger partial charge in [-0.25, -0.2) is 0 Å². The van der Waals surface area contributed by atoms with Crippen LogP contribution < -0.4 is 19.7 Å². The van der Waals surface area contributed by atoms with Crippen LogP contribution in [0.5, 0.6) is 17.2 Å². The van der Waals surface area contributed by atoms with E-state index in [1.807, 2.05) is 52.0 Å². The summed E-state index contributed by atoms with van der Waals surface area (Å²) in [6.45, 7) is 8.13. The summed E-state index contributed by atoms with van der Waals surface area (Å²) in [5.74, 6) is 2.32. The molecule has 2 aromatic carbocycles. The summed E-state index contributed by atoms with van der Waals surface area (Å²) in [6, 6.07) is 11.3. The molecule has 0 saturated carbocycles. The van der Waals surface area contributed by atoms with Crippen molar-refractivity contribution in [1.29, 1.82) is 0 Å². The number of nitrogens with zero attached hydrogens (tertiary/aromatic N) is 2. The van der Waals surface area contributed by atoms with Crippen LogP contribution in [0, 0.1) is 0 Å². The highest BCUT2D eigenvalue weighted by atomic mass is 16.7. The van der Waals surface area contributed by atoms with E-state index < -0.39 is 7.12 Å². The molecule has 2 heterocycles. The first-order chi connectivity index (χ1) is 15.2. The molecule has 32 heavy (non-hydrogen) atoms. The zero-order valence-corrected chi connectivity index (χ0v) is 19.4. The van der Waals surface area contributed by atoms with Crippen LogP contribution in [0.2, 0.25) is 0 Å². The lowest BCUT2D eigenvalue weighted by Crippen LogP contribution is -2.41. The highest BCUT2D eigenvalue weighted by molar-refractivity contribution is 6.62. The predicted molar refractivity (Wildman–Crippen MR) is 121 cm³/mol. The van der Waals surface area contributed by atoms with Gasteiger partial charge in [-0.3, -0.25) is 0 Å². The number of aromatic nitrogens is 2. The fourth-order valence-corrected chi connectivity index (χ4v) is 3.43. The summed E-state index contributed by atoms with van der Waals surface area (Å²) in [5.41, 5.74) is 1.62. The molecule has 0 atom stereocenters. The molecule has 1 saturated heterocycles.